The molecule has 4 N–H and O–H groups in total. The van der Waals surface area contributed by atoms with Crippen LogP contribution in [-0.4, -0.2) is 27.2 Å². The molecule has 0 aromatic rings. The fraction of sp³-hybridized carbons (Fsp3) is 0.800. The Labute approximate surface area is 79.7 Å². The lowest BCUT2D eigenvalue weighted by Gasteiger charge is -2.16. The summed E-state index contributed by atoms with van der Waals surface area (Å²) in [5, 5.41) is 0. The summed E-state index contributed by atoms with van der Waals surface area (Å²) in [6, 6.07) is 0. The summed E-state index contributed by atoms with van der Waals surface area (Å²) < 4.78 is 14.8. The highest BCUT2D eigenvalue weighted by Crippen LogP contribution is 2.49. The summed E-state index contributed by atoms with van der Waals surface area (Å²) in [6.07, 6.45) is 0. The number of ether oxygens (including phenoxy) is 1. The first-order valence-corrected chi connectivity index (χ1v) is 6.49. The molecule has 0 heterocycles. The predicted molar refractivity (Wildman–Crippen MR) is 48.9 cm³/mol. The van der Waals surface area contributed by atoms with Gasteiger partial charge in [-0.05, 0) is 13.8 Å². The van der Waals surface area contributed by atoms with Crippen LogP contribution in [0.5, 0.6) is 0 Å². The lowest BCUT2D eigenvalue weighted by molar-refractivity contribution is -0.146. The van der Waals surface area contributed by atoms with Gasteiger partial charge in [0.1, 0.15) is 11.5 Å². The van der Waals surface area contributed by atoms with Crippen molar-refractivity contribution in [2.45, 2.75) is 19.4 Å². The van der Waals surface area contributed by atoms with E-state index in [4.69, 9.17) is 15.5 Å². The Bertz CT molecular complexity index is 232. The SMILES string of the molecule is CC(C)(N)C(=O)OCSP(=O)(O)O. The van der Waals surface area contributed by atoms with Crippen molar-refractivity contribution < 1.29 is 23.9 Å². The number of esters is 1. The van der Waals surface area contributed by atoms with Gasteiger partial charge in [0.15, 0.2) is 0 Å². The lowest BCUT2D eigenvalue weighted by atomic mass is 10.1. The minimum Gasteiger partial charge on any atom is -0.453 e. The van der Waals surface area contributed by atoms with Crippen LogP contribution < -0.4 is 5.73 Å². The Morgan fingerprint density at radius 2 is 2.08 bits per heavy atom. The van der Waals surface area contributed by atoms with E-state index in [1.807, 2.05) is 0 Å². The Morgan fingerprint density at radius 1 is 1.62 bits per heavy atom. The Kier molecular flexibility index (Phi) is 4.41. The van der Waals surface area contributed by atoms with Gasteiger partial charge in [-0.25, -0.2) is 4.57 Å². The number of carbonyl (C=O) groups excluding carboxylic acids is 1. The molecule has 0 amide bonds. The van der Waals surface area contributed by atoms with E-state index in [0.717, 1.165) is 0 Å². The van der Waals surface area contributed by atoms with Crippen molar-refractivity contribution in [2.75, 3.05) is 5.94 Å². The van der Waals surface area contributed by atoms with Crippen LogP contribution >= 0.6 is 18.2 Å². The molecule has 0 radical (unpaired) electrons. The largest absolute Gasteiger partial charge is 0.453 e. The van der Waals surface area contributed by atoms with Crippen molar-refractivity contribution in [1.82, 2.24) is 0 Å². The molecule has 0 saturated carbocycles. The minimum atomic E-state index is -4.18. The summed E-state index contributed by atoms with van der Waals surface area (Å²) in [5.74, 6) is -1.10. The van der Waals surface area contributed by atoms with Gasteiger partial charge in [0.2, 0.25) is 0 Å². The van der Waals surface area contributed by atoms with Crippen molar-refractivity contribution in [3.05, 3.63) is 0 Å². The van der Waals surface area contributed by atoms with E-state index >= 15 is 0 Å². The Morgan fingerprint density at radius 3 is 2.38 bits per heavy atom. The van der Waals surface area contributed by atoms with Crippen LogP contribution in [0.1, 0.15) is 13.8 Å². The Hall–Kier alpha value is -0.0700. The molecule has 78 valence electrons. The van der Waals surface area contributed by atoms with Gasteiger partial charge < -0.3 is 20.3 Å². The minimum absolute atomic E-state index is 0.246. The van der Waals surface area contributed by atoms with Crippen LogP contribution in [-0.2, 0) is 14.1 Å². The molecule has 0 aromatic heterocycles. The van der Waals surface area contributed by atoms with Crippen LogP contribution in [0.15, 0.2) is 0 Å². The molecule has 13 heavy (non-hydrogen) atoms. The van der Waals surface area contributed by atoms with E-state index < -0.39 is 24.2 Å². The molecule has 0 aliphatic carbocycles. The van der Waals surface area contributed by atoms with Crippen molar-refractivity contribution >= 4 is 24.1 Å². The topological polar surface area (TPSA) is 110 Å². The number of carbonyl (C=O) groups is 1. The number of hydrogen-bond acceptors (Lipinski definition) is 5. The third-order valence-corrected chi connectivity index (χ3v) is 2.82. The summed E-state index contributed by atoms with van der Waals surface area (Å²) in [5.41, 5.74) is 4.21. The molecular formula is C5H12NO5PS. The quantitative estimate of drug-likeness (QED) is 0.355. The Balaban J connectivity index is 3.80. The van der Waals surface area contributed by atoms with Gasteiger partial charge in [-0.1, -0.05) is 0 Å². The van der Waals surface area contributed by atoms with E-state index in [-0.39, 0.29) is 11.4 Å². The molecule has 0 bridgehead atoms. The van der Waals surface area contributed by atoms with Gasteiger partial charge in [0, 0.05) is 11.4 Å². The normalized spacial score (nSPS) is 12.7. The summed E-state index contributed by atoms with van der Waals surface area (Å²) >= 11 is 0.246. The van der Waals surface area contributed by atoms with Crippen LogP contribution in [0.4, 0.5) is 0 Å². The van der Waals surface area contributed by atoms with Crippen molar-refractivity contribution in [1.29, 1.82) is 0 Å². The van der Waals surface area contributed by atoms with Gasteiger partial charge in [0.05, 0.1) is 0 Å². The van der Waals surface area contributed by atoms with Crippen molar-refractivity contribution in [3.8, 4) is 0 Å². The summed E-state index contributed by atoms with van der Waals surface area (Å²) in [7, 11) is 0. The van der Waals surface area contributed by atoms with Crippen LogP contribution in [0, 0.1) is 0 Å². The molecule has 0 aliphatic rings. The first-order valence-electron chi connectivity index (χ1n) is 3.29. The molecular weight excluding hydrogens is 217 g/mol. The van der Waals surface area contributed by atoms with E-state index in [2.05, 4.69) is 4.74 Å². The molecule has 0 unspecified atom stereocenters. The third-order valence-electron chi connectivity index (χ3n) is 0.937. The highest BCUT2D eigenvalue weighted by atomic mass is 32.7. The van der Waals surface area contributed by atoms with Crippen LogP contribution in [0.2, 0.25) is 0 Å². The van der Waals surface area contributed by atoms with E-state index in [0.29, 0.717) is 0 Å². The second-order valence-electron chi connectivity index (χ2n) is 2.89. The first-order chi connectivity index (χ1) is 5.63. The number of nitrogens with two attached hydrogens (primary N) is 1. The molecule has 0 aromatic carbocycles. The van der Waals surface area contributed by atoms with Gasteiger partial charge in [0.25, 0.3) is 0 Å². The molecule has 0 spiro atoms. The third kappa shape index (κ3) is 7.04. The van der Waals surface area contributed by atoms with Gasteiger partial charge in [-0.15, -0.1) is 0 Å². The molecule has 0 aliphatic heterocycles. The monoisotopic (exact) mass is 229 g/mol. The maximum absolute atomic E-state index is 10.9. The standard InChI is InChI=1S/C5H12NO5PS/c1-5(2,6)4(7)11-3-13-12(8,9)10/h3,6H2,1-2H3,(H2,8,9,10). The highest BCUT2D eigenvalue weighted by molar-refractivity contribution is 8.54. The van der Waals surface area contributed by atoms with E-state index in [1.165, 1.54) is 13.8 Å². The number of rotatable bonds is 4. The van der Waals surface area contributed by atoms with E-state index in [1.54, 1.807) is 0 Å². The zero-order valence-corrected chi connectivity index (χ0v) is 8.97. The molecule has 6 nitrogen and oxygen atoms in total. The highest BCUT2D eigenvalue weighted by Gasteiger charge is 2.24. The second kappa shape index (κ2) is 4.43. The summed E-state index contributed by atoms with van der Waals surface area (Å²) in [6.45, 7) is -1.29. The van der Waals surface area contributed by atoms with Crippen LogP contribution in [0.3, 0.4) is 0 Å². The molecule has 0 atom stereocenters. The summed E-state index contributed by atoms with van der Waals surface area (Å²) in [4.78, 5) is 27.7. The van der Waals surface area contributed by atoms with E-state index in [9.17, 15) is 9.36 Å². The zero-order chi connectivity index (χ0) is 10.7. The van der Waals surface area contributed by atoms with Gasteiger partial charge in [-0.3, -0.25) is 4.79 Å². The lowest BCUT2D eigenvalue weighted by Crippen LogP contribution is -2.42. The first kappa shape index (κ1) is 12.9. The van der Waals surface area contributed by atoms with Gasteiger partial charge >= 0.3 is 12.8 Å². The second-order valence-corrected chi connectivity index (χ2v) is 6.57. The predicted octanol–water partition coefficient (Wildman–Crippen LogP) is 0.0503. The molecule has 0 fully saturated rings. The molecule has 0 saturated heterocycles. The van der Waals surface area contributed by atoms with Gasteiger partial charge in [-0.2, -0.15) is 0 Å². The maximum atomic E-state index is 10.9. The van der Waals surface area contributed by atoms with Crippen molar-refractivity contribution in [2.24, 2.45) is 5.73 Å². The molecule has 0 rings (SSSR count). The van der Waals surface area contributed by atoms with Crippen LogP contribution in [0.25, 0.3) is 0 Å². The average molecular weight is 229 g/mol. The maximum Gasteiger partial charge on any atom is 0.387 e. The molecule has 8 heteroatoms. The fourth-order valence-corrected chi connectivity index (χ4v) is 1.20. The number of hydrogen-bond donors (Lipinski definition) is 3. The smallest absolute Gasteiger partial charge is 0.387 e. The fourth-order valence-electron chi connectivity index (χ4n) is 0.335. The zero-order valence-electron chi connectivity index (χ0n) is 7.26. The van der Waals surface area contributed by atoms with Crippen molar-refractivity contribution in [3.63, 3.8) is 0 Å². The average Bonchev–Trinajstić information content (AvgIpc) is 1.82.